The van der Waals surface area contributed by atoms with E-state index in [0.717, 1.165) is 12.5 Å². The van der Waals surface area contributed by atoms with Crippen LogP contribution in [0, 0.1) is 5.82 Å². The second-order valence-corrected chi connectivity index (χ2v) is 8.66. The fraction of sp³-hybridized carbons (Fsp3) is 0.368. The van der Waals surface area contributed by atoms with Gasteiger partial charge in [0.25, 0.3) is 0 Å². The lowest BCUT2D eigenvalue weighted by atomic mass is 9.91. The molecule has 2 heterocycles. The fourth-order valence-corrected chi connectivity index (χ4v) is 4.11. The Morgan fingerprint density at radius 3 is 2.48 bits per heavy atom. The highest BCUT2D eigenvalue weighted by atomic mass is 32.2. The second-order valence-electron chi connectivity index (χ2n) is 6.76. The van der Waals surface area contributed by atoms with Gasteiger partial charge in [0, 0.05) is 16.7 Å². The van der Waals surface area contributed by atoms with E-state index >= 15 is 0 Å². The summed E-state index contributed by atoms with van der Waals surface area (Å²) in [6, 6.07) is 5.74. The summed E-state index contributed by atoms with van der Waals surface area (Å²) in [4.78, 5) is 16.5. The zero-order chi connectivity index (χ0) is 19.8. The number of carbonyl (C=O) groups excluding carboxylic acids is 1. The third-order valence-electron chi connectivity index (χ3n) is 4.46. The van der Waals surface area contributed by atoms with E-state index in [1.807, 2.05) is 13.8 Å². The lowest BCUT2D eigenvalue weighted by Gasteiger charge is -2.25. The van der Waals surface area contributed by atoms with Gasteiger partial charge in [0.05, 0.1) is 31.7 Å². The first-order valence-electron chi connectivity index (χ1n) is 8.57. The number of carbonyl (C=O) groups is 1. The smallest absolute Gasteiger partial charge is 0.233 e. The number of hydrogen-bond donors (Lipinski definition) is 0. The van der Waals surface area contributed by atoms with Gasteiger partial charge in [0.15, 0.2) is 6.29 Å². The van der Waals surface area contributed by atoms with E-state index in [1.165, 1.54) is 16.4 Å². The lowest BCUT2D eigenvalue weighted by Crippen LogP contribution is -2.33. The number of anilines is 1. The quantitative estimate of drug-likeness (QED) is 0.747. The molecule has 27 heavy (non-hydrogen) atoms. The first kappa shape index (κ1) is 19.4. The molecule has 1 aromatic heterocycles. The minimum atomic E-state index is -3.59. The molecule has 0 spiro atoms. The van der Waals surface area contributed by atoms with Gasteiger partial charge in [-0.1, -0.05) is 26.0 Å². The summed E-state index contributed by atoms with van der Waals surface area (Å²) in [5.74, 6) is -0.242. The topological polar surface area (TPSA) is 76.6 Å². The van der Waals surface area contributed by atoms with Crippen LogP contribution in [0.4, 0.5) is 10.2 Å². The highest BCUT2D eigenvalue weighted by Gasteiger charge is 2.30. The van der Waals surface area contributed by atoms with Crippen molar-refractivity contribution in [1.82, 2.24) is 4.98 Å². The first-order chi connectivity index (χ1) is 12.7. The molecule has 6 nitrogen and oxygen atoms in total. The number of aromatic nitrogens is 1. The third kappa shape index (κ3) is 3.72. The van der Waals surface area contributed by atoms with Crippen molar-refractivity contribution in [1.29, 1.82) is 0 Å². The van der Waals surface area contributed by atoms with Gasteiger partial charge >= 0.3 is 0 Å². The van der Waals surface area contributed by atoms with Crippen LogP contribution in [0.5, 0.6) is 0 Å². The van der Waals surface area contributed by atoms with Gasteiger partial charge in [-0.05, 0) is 23.6 Å². The van der Waals surface area contributed by atoms with Crippen molar-refractivity contribution in [2.75, 3.05) is 23.7 Å². The van der Waals surface area contributed by atoms with Crippen LogP contribution >= 0.6 is 0 Å². The van der Waals surface area contributed by atoms with Crippen LogP contribution in [0.2, 0.25) is 0 Å². The average molecular weight is 392 g/mol. The molecule has 0 atom stereocenters. The lowest BCUT2D eigenvalue weighted by molar-refractivity contribution is 0.112. The zero-order valence-corrected chi connectivity index (χ0v) is 16.2. The first-order valence-corrected chi connectivity index (χ1v) is 10.4. The van der Waals surface area contributed by atoms with Crippen LogP contribution < -0.4 is 4.31 Å². The van der Waals surface area contributed by atoms with Crippen LogP contribution in [0.1, 0.15) is 41.4 Å². The fourth-order valence-electron chi connectivity index (χ4n) is 3.24. The predicted octanol–water partition coefficient (Wildman–Crippen LogP) is 3.12. The number of nitrogens with zero attached hydrogens (tertiary/aromatic N) is 2. The molecule has 0 saturated heterocycles. The number of rotatable bonds is 4. The minimum Gasteiger partial charge on any atom is -0.375 e. The Morgan fingerprint density at radius 1 is 1.26 bits per heavy atom. The van der Waals surface area contributed by atoms with Crippen molar-refractivity contribution in [3.63, 3.8) is 0 Å². The molecule has 0 amide bonds. The molecule has 1 aliphatic heterocycles. The van der Waals surface area contributed by atoms with Gasteiger partial charge in [-0.2, -0.15) is 0 Å². The van der Waals surface area contributed by atoms with E-state index in [1.54, 1.807) is 12.1 Å². The van der Waals surface area contributed by atoms with Gasteiger partial charge in [0.1, 0.15) is 11.6 Å². The molecular formula is C19H21FN2O4S. The minimum absolute atomic E-state index is 0.111. The van der Waals surface area contributed by atoms with Gasteiger partial charge in [-0.15, -0.1) is 0 Å². The van der Waals surface area contributed by atoms with Gasteiger partial charge in [0.2, 0.25) is 10.0 Å². The molecule has 0 aliphatic carbocycles. The van der Waals surface area contributed by atoms with Crippen LogP contribution in [0.25, 0.3) is 11.1 Å². The molecular weight excluding hydrogens is 371 g/mol. The van der Waals surface area contributed by atoms with Gasteiger partial charge in [-0.25, -0.2) is 17.8 Å². The summed E-state index contributed by atoms with van der Waals surface area (Å²) in [5, 5.41) is 0. The zero-order valence-electron chi connectivity index (χ0n) is 15.4. The Bertz CT molecular complexity index is 972. The Hall–Kier alpha value is -2.32. The van der Waals surface area contributed by atoms with Crippen molar-refractivity contribution >= 4 is 22.1 Å². The molecule has 0 N–H and O–H groups in total. The molecule has 3 rings (SSSR count). The molecule has 144 valence electrons. The number of halogens is 1. The van der Waals surface area contributed by atoms with E-state index < -0.39 is 15.8 Å². The van der Waals surface area contributed by atoms with Crippen molar-refractivity contribution < 1.29 is 22.3 Å². The predicted molar refractivity (Wildman–Crippen MR) is 101 cm³/mol. The van der Waals surface area contributed by atoms with Crippen molar-refractivity contribution in [3.05, 3.63) is 46.9 Å². The van der Waals surface area contributed by atoms with E-state index in [9.17, 15) is 17.6 Å². The molecule has 0 saturated carbocycles. The normalized spacial score (nSPS) is 14.8. The van der Waals surface area contributed by atoms with Gasteiger partial charge < -0.3 is 4.74 Å². The van der Waals surface area contributed by atoms with E-state index in [-0.39, 0.29) is 31.5 Å². The number of sulfonamides is 1. The highest BCUT2D eigenvalue weighted by molar-refractivity contribution is 7.92. The second kappa shape index (κ2) is 7.36. The summed E-state index contributed by atoms with van der Waals surface area (Å²) in [6.07, 6.45) is 1.83. The molecule has 1 aromatic carbocycles. The molecule has 0 fully saturated rings. The van der Waals surface area contributed by atoms with Crippen LogP contribution in [-0.4, -0.2) is 39.1 Å². The van der Waals surface area contributed by atoms with Crippen molar-refractivity contribution in [2.45, 2.75) is 26.4 Å². The molecule has 2 aromatic rings. The van der Waals surface area contributed by atoms with Crippen LogP contribution in [0.15, 0.2) is 24.3 Å². The van der Waals surface area contributed by atoms with E-state index in [4.69, 9.17) is 4.74 Å². The highest BCUT2D eigenvalue weighted by Crippen LogP contribution is 2.38. The van der Waals surface area contributed by atoms with E-state index in [0.29, 0.717) is 27.9 Å². The maximum Gasteiger partial charge on any atom is 0.233 e. The van der Waals surface area contributed by atoms with Gasteiger partial charge in [-0.3, -0.25) is 9.10 Å². The molecule has 0 radical (unpaired) electrons. The third-order valence-corrected chi connectivity index (χ3v) is 5.62. The van der Waals surface area contributed by atoms with Crippen molar-refractivity contribution in [2.24, 2.45) is 0 Å². The van der Waals surface area contributed by atoms with Crippen molar-refractivity contribution in [3.8, 4) is 11.1 Å². The number of hydrogen-bond acceptors (Lipinski definition) is 5. The van der Waals surface area contributed by atoms with E-state index in [2.05, 4.69) is 4.98 Å². The van der Waals surface area contributed by atoms with Crippen LogP contribution in [-0.2, 0) is 21.4 Å². The average Bonchev–Trinajstić information content (AvgIpc) is 2.82. The Labute approximate surface area is 158 Å². The number of benzene rings is 1. The number of ether oxygens (including phenoxy) is 1. The number of fused-ring (bicyclic) bond motifs is 1. The Kier molecular flexibility index (Phi) is 5.30. The molecule has 1 aliphatic rings. The summed E-state index contributed by atoms with van der Waals surface area (Å²) < 4.78 is 44.9. The Morgan fingerprint density at radius 2 is 1.93 bits per heavy atom. The maximum atomic E-state index is 13.4. The summed E-state index contributed by atoms with van der Waals surface area (Å²) in [6.45, 7) is 4.22. The molecule has 0 bridgehead atoms. The molecule has 0 unspecified atom stereocenters. The summed E-state index contributed by atoms with van der Waals surface area (Å²) in [5.41, 5.74) is 2.52. The molecule has 8 heteroatoms. The SMILES string of the molecule is CC(C)c1nc2c(c(-c3ccc(F)cc3)c1C=O)COCCN2S(C)(=O)=O. The monoisotopic (exact) mass is 392 g/mol. The standard InChI is InChI=1S/C19H21FN2O4S/c1-12(2)18-15(10-23)17(13-4-6-14(20)7-5-13)16-11-26-9-8-22(19(16)21-18)27(3,24)25/h4-7,10,12H,8-9,11H2,1-3H3. The Balaban J connectivity index is 2.41. The van der Waals surface area contributed by atoms with Crippen LogP contribution in [0.3, 0.4) is 0 Å². The number of pyridine rings is 1. The maximum absolute atomic E-state index is 13.4. The summed E-state index contributed by atoms with van der Waals surface area (Å²) >= 11 is 0. The summed E-state index contributed by atoms with van der Waals surface area (Å²) in [7, 11) is -3.59. The largest absolute Gasteiger partial charge is 0.375 e. The number of aldehydes is 1.